The van der Waals surface area contributed by atoms with E-state index in [4.69, 9.17) is 5.73 Å². The van der Waals surface area contributed by atoms with Crippen molar-refractivity contribution in [3.05, 3.63) is 39.8 Å². The van der Waals surface area contributed by atoms with Crippen molar-refractivity contribution in [2.45, 2.75) is 6.54 Å². The third-order valence-corrected chi connectivity index (χ3v) is 4.90. The molecule has 1 aliphatic heterocycles. The van der Waals surface area contributed by atoms with Crippen LogP contribution in [0.5, 0.6) is 0 Å². The first-order chi connectivity index (χ1) is 9.78. The number of rotatable bonds is 3. The van der Waals surface area contributed by atoms with E-state index in [0.717, 1.165) is 35.8 Å². The quantitative estimate of drug-likeness (QED) is 0.922. The van der Waals surface area contributed by atoms with Crippen LogP contribution >= 0.6 is 27.3 Å². The smallest absolute Gasteiger partial charge is 0.185 e. The number of nitrogens with zero attached hydrogens (tertiary/aromatic N) is 3. The van der Waals surface area contributed by atoms with Crippen LogP contribution < -0.4 is 15.5 Å². The Morgan fingerprint density at radius 2 is 1.95 bits per heavy atom. The zero-order valence-electron chi connectivity index (χ0n) is 11.1. The minimum Gasteiger partial charge on any atom is -0.368 e. The van der Waals surface area contributed by atoms with Gasteiger partial charge in [-0.15, -0.1) is 11.3 Å². The Morgan fingerprint density at radius 3 is 2.60 bits per heavy atom. The first-order valence-electron chi connectivity index (χ1n) is 6.66. The second kappa shape index (κ2) is 6.11. The number of thiazole rings is 1. The lowest BCUT2D eigenvalue weighted by Gasteiger charge is -2.36. The van der Waals surface area contributed by atoms with Crippen LogP contribution in [-0.2, 0) is 6.54 Å². The predicted molar refractivity (Wildman–Crippen MR) is 88.6 cm³/mol. The number of aromatic nitrogens is 1. The number of anilines is 2. The van der Waals surface area contributed by atoms with Gasteiger partial charge in [0.1, 0.15) is 0 Å². The van der Waals surface area contributed by atoms with Crippen LogP contribution in [0, 0.1) is 0 Å². The SMILES string of the molecule is NCc1cc(Br)ccc1N1CCN(c2nccs2)CC1. The molecule has 106 valence electrons. The molecule has 0 saturated carbocycles. The van der Waals surface area contributed by atoms with Gasteiger partial charge in [0.05, 0.1) is 0 Å². The lowest BCUT2D eigenvalue weighted by molar-refractivity contribution is 0.650. The van der Waals surface area contributed by atoms with Crippen molar-refractivity contribution in [1.29, 1.82) is 0 Å². The number of hydrogen-bond acceptors (Lipinski definition) is 5. The molecule has 2 N–H and O–H groups in total. The van der Waals surface area contributed by atoms with E-state index in [2.05, 4.69) is 48.9 Å². The van der Waals surface area contributed by atoms with Crippen molar-refractivity contribution < 1.29 is 0 Å². The molecule has 1 aliphatic rings. The van der Waals surface area contributed by atoms with Gasteiger partial charge in [-0.05, 0) is 23.8 Å². The second-order valence-corrected chi connectivity index (χ2v) is 6.55. The molecule has 0 unspecified atom stereocenters. The molecule has 1 saturated heterocycles. The molecule has 2 heterocycles. The van der Waals surface area contributed by atoms with Crippen LogP contribution in [0.1, 0.15) is 5.56 Å². The Bertz CT molecular complexity index is 565. The Labute approximate surface area is 131 Å². The lowest BCUT2D eigenvalue weighted by atomic mass is 10.1. The Hall–Kier alpha value is -1.11. The van der Waals surface area contributed by atoms with Gasteiger partial charge in [-0.1, -0.05) is 15.9 Å². The molecule has 0 bridgehead atoms. The highest BCUT2D eigenvalue weighted by Gasteiger charge is 2.20. The largest absolute Gasteiger partial charge is 0.368 e. The van der Waals surface area contributed by atoms with Gasteiger partial charge in [0.25, 0.3) is 0 Å². The second-order valence-electron chi connectivity index (χ2n) is 4.77. The van der Waals surface area contributed by atoms with Crippen molar-refractivity contribution in [1.82, 2.24) is 4.98 Å². The van der Waals surface area contributed by atoms with Crippen LogP contribution in [0.3, 0.4) is 0 Å². The summed E-state index contributed by atoms with van der Waals surface area (Å²) in [5.74, 6) is 0. The average Bonchev–Trinajstić information content (AvgIpc) is 3.01. The molecule has 20 heavy (non-hydrogen) atoms. The minimum atomic E-state index is 0.571. The summed E-state index contributed by atoms with van der Waals surface area (Å²) in [6.07, 6.45) is 1.87. The molecule has 3 rings (SSSR count). The Morgan fingerprint density at radius 1 is 1.20 bits per heavy atom. The molecule has 1 aromatic carbocycles. The predicted octanol–water partition coefficient (Wildman–Crippen LogP) is 2.69. The number of piperazine rings is 1. The topological polar surface area (TPSA) is 45.4 Å². The van der Waals surface area contributed by atoms with Gasteiger partial charge in [-0.25, -0.2) is 4.98 Å². The summed E-state index contributed by atoms with van der Waals surface area (Å²) in [5.41, 5.74) is 8.32. The summed E-state index contributed by atoms with van der Waals surface area (Å²) in [6, 6.07) is 6.36. The highest BCUT2D eigenvalue weighted by molar-refractivity contribution is 9.10. The van der Waals surface area contributed by atoms with E-state index in [1.807, 2.05) is 11.6 Å². The lowest BCUT2D eigenvalue weighted by Crippen LogP contribution is -2.46. The van der Waals surface area contributed by atoms with Gasteiger partial charge in [-0.2, -0.15) is 0 Å². The summed E-state index contributed by atoms with van der Waals surface area (Å²) >= 11 is 5.21. The zero-order valence-corrected chi connectivity index (χ0v) is 13.5. The van der Waals surface area contributed by atoms with Crippen molar-refractivity contribution in [2.24, 2.45) is 5.73 Å². The van der Waals surface area contributed by atoms with Gasteiger partial charge in [-0.3, -0.25) is 0 Å². The molecule has 1 fully saturated rings. The zero-order chi connectivity index (χ0) is 13.9. The highest BCUT2D eigenvalue weighted by atomic mass is 79.9. The van der Waals surface area contributed by atoms with E-state index in [0.29, 0.717) is 6.54 Å². The van der Waals surface area contributed by atoms with Crippen molar-refractivity contribution in [3.63, 3.8) is 0 Å². The van der Waals surface area contributed by atoms with E-state index in [1.165, 1.54) is 11.3 Å². The molecule has 4 nitrogen and oxygen atoms in total. The molecule has 1 aromatic heterocycles. The highest BCUT2D eigenvalue weighted by Crippen LogP contribution is 2.27. The standard InChI is InChI=1S/C14H17BrN4S/c15-12-1-2-13(11(9-12)10-16)18-4-6-19(7-5-18)14-17-3-8-20-14/h1-3,8-9H,4-7,10,16H2. The molecule has 6 heteroatoms. The number of nitrogens with two attached hydrogens (primary N) is 1. The molecule has 0 aliphatic carbocycles. The fraction of sp³-hybridized carbons (Fsp3) is 0.357. The van der Waals surface area contributed by atoms with Crippen LogP contribution in [-0.4, -0.2) is 31.2 Å². The molecule has 0 radical (unpaired) electrons. The normalized spacial score (nSPS) is 15.7. The average molecular weight is 353 g/mol. The third-order valence-electron chi connectivity index (χ3n) is 3.57. The van der Waals surface area contributed by atoms with E-state index >= 15 is 0 Å². The van der Waals surface area contributed by atoms with Crippen LogP contribution in [0.4, 0.5) is 10.8 Å². The van der Waals surface area contributed by atoms with Crippen LogP contribution in [0.2, 0.25) is 0 Å². The van der Waals surface area contributed by atoms with Gasteiger partial charge in [0.15, 0.2) is 5.13 Å². The van der Waals surface area contributed by atoms with Gasteiger partial charge in [0.2, 0.25) is 0 Å². The fourth-order valence-electron chi connectivity index (χ4n) is 2.54. The van der Waals surface area contributed by atoms with Crippen LogP contribution in [0.25, 0.3) is 0 Å². The first-order valence-corrected chi connectivity index (χ1v) is 8.33. The van der Waals surface area contributed by atoms with E-state index < -0.39 is 0 Å². The minimum absolute atomic E-state index is 0.571. The maximum Gasteiger partial charge on any atom is 0.185 e. The monoisotopic (exact) mass is 352 g/mol. The molecular formula is C14H17BrN4S. The molecule has 2 aromatic rings. The summed E-state index contributed by atoms with van der Waals surface area (Å²) in [6.45, 7) is 4.60. The Balaban J connectivity index is 1.72. The summed E-state index contributed by atoms with van der Waals surface area (Å²) in [5, 5.41) is 3.16. The van der Waals surface area contributed by atoms with E-state index in [1.54, 1.807) is 11.3 Å². The number of hydrogen-bond donors (Lipinski definition) is 1. The van der Waals surface area contributed by atoms with Crippen molar-refractivity contribution in [2.75, 3.05) is 36.0 Å². The third kappa shape index (κ3) is 2.82. The summed E-state index contributed by atoms with van der Waals surface area (Å²) in [7, 11) is 0. The van der Waals surface area contributed by atoms with E-state index in [-0.39, 0.29) is 0 Å². The van der Waals surface area contributed by atoms with Crippen molar-refractivity contribution in [3.8, 4) is 0 Å². The van der Waals surface area contributed by atoms with E-state index in [9.17, 15) is 0 Å². The summed E-state index contributed by atoms with van der Waals surface area (Å²) in [4.78, 5) is 9.15. The maximum atomic E-state index is 5.86. The van der Waals surface area contributed by atoms with Gasteiger partial charge < -0.3 is 15.5 Å². The summed E-state index contributed by atoms with van der Waals surface area (Å²) < 4.78 is 1.09. The maximum absolute atomic E-state index is 5.86. The fourth-order valence-corrected chi connectivity index (χ4v) is 3.64. The first kappa shape index (κ1) is 13.9. The molecule has 0 amide bonds. The molecule has 0 spiro atoms. The molecule has 0 atom stereocenters. The van der Waals surface area contributed by atoms with Crippen molar-refractivity contribution >= 4 is 38.1 Å². The Kier molecular flexibility index (Phi) is 4.24. The number of halogens is 1. The number of benzene rings is 1. The molecular weight excluding hydrogens is 336 g/mol. The van der Waals surface area contributed by atoms with Crippen LogP contribution in [0.15, 0.2) is 34.2 Å². The van der Waals surface area contributed by atoms with Gasteiger partial charge >= 0.3 is 0 Å². The van der Waals surface area contributed by atoms with Gasteiger partial charge in [0, 0.05) is 54.5 Å².